The molecule has 1 aliphatic rings. The van der Waals surface area contributed by atoms with Gasteiger partial charge in [-0.3, -0.25) is 0 Å². The van der Waals surface area contributed by atoms with Crippen LogP contribution in [0.3, 0.4) is 0 Å². The maximum atomic E-state index is 10.2. The quantitative estimate of drug-likeness (QED) is 0.404. The van der Waals surface area contributed by atoms with E-state index in [-0.39, 0.29) is 0 Å². The highest BCUT2D eigenvalue weighted by atomic mass is 16.1. The fourth-order valence-corrected chi connectivity index (χ4v) is 1.27. The van der Waals surface area contributed by atoms with Crippen molar-refractivity contribution in [3.05, 3.63) is 12.2 Å². The summed E-state index contributed by atoms with van der Waals surface area (Å²) in [5, 5.41) is 0. The zero-order valence-corrected chi connectivity index (χ0v) is 5.87. The lowest BCUT2D eigenvalue weighted by Gasteiger charge is -1.76. The summed E-state index contributed by atoms with van der Waals surface area (Å²) in [5.41, 5.74) is 0. The van der Waals surface area contributed by atoms with E-state index in [1.807, 2.05) is 13.0 Å². The number of carbonyl (C=O) groups excluding carboxylic acids is 1. The zero-order valence-electron chi connectivity index (χ0n) is 5.87. The molecule has 0 aliphatic heterocycles. The highest BCUT2D eigenvalue weighted by Gasteiger charge is 2.44. The zero-order chi connectivity index (χ0) is 6.85. The van der Waals surface area contributed by atoms with E-state index in [1.54, 1.807) is 0 Å². The normalized spacial score (nSPS) is 41.3. The highest BCUT2D eigenvalue weighted by molar-refractivity contribution is 5.60. The lowest BCUT2D eigenvalue weighted by Crippen LogP contribution is -1.77. The van der Waals surface area contributed by atoms with Crippen molar-refractivity contribution in [2.45, 2.75) is 13.8 Å². The van der Waals surface area contributed by atoms with Gasteiger partial charge < -0.3 is 4.79 Å². The molecule has 1 nitrogen and oxygen atoms in total. The van der Waals surface area contributed by atoms with Gasteiger partial charge in [0.25, 0.3) is 0 Å². The van der Waals surface area contributed by atoms with Gasteiger partial charge in [-0.2, -0.15) is 0 Å². The third kappa shape index (κ3) is 1.04. The van der Waals surface area contributed by atoms with E-state index < -0.39 is 0 Å². The van der Waals surface area contributed by atoms with Crippen LogP contribution in [-0.4, -0.2) is 6.29 Å². The lowest BCUT2D eigenvalue weighted by molar-refractivity contribution is -0.109. The maximum absolute atomic E-state index is 10.2. The molecule has 1 fully saturated rings. The van der Waals surface area contributed by atoms with Crippen molar-refractivity contribution in [1.29, 1.82) is 0 Å². The highest BCUT2D eigenvalue weighted by Crippen LogP contribution is 2.45. The molecule has 1 rings (SSSR count). The van der Waals surface area contributed by atoms with E-state index in [0.717, 1.165) is 6.29 Å². The average Bonchev–Trinajstić information content (AvgIpc) is 2.44. The molecule has 0 radical (unpaired) electrons. The molecule has 0 heterocycles. The van der Waals surface area contributed by atoms with Gasteiger partial charge in [0.15, 0.2) is 0 Å². The fraction of sp³-hybridized carbons (Fsp3) is 0.625. The van der Waals surface area contributed by atoms with Crippen molar-refractivity contribution in [1.82, 2.24) is 0 Å². The Hall–Kier alpha value is -0.590. The Kier molecular flexibility index (Phi) is 1.70. The molecule has 0 unspecified atom stereocenters. The van der Waals surface area contributed by atoms with Gasteiger partial charge in [-0.05, 0) is 18.8 Å². The molecule has 0 aromatic heterocycles. The van der Waals surface area contributed by atoms with Crippen LogP contribution in [0.1, 0.15) is 13.8 Å². The molecule has 0 spiro atoms. The van der Waals surface area contributed by atoms with Crippen LogP contribution in [0.25, 0.3) is 0 Å². The van der Waals surface area contributed by atoms with Crippen molar-refractivity contribution in [3.8, 4) is 0 Å². The Labute approximate surface area is 55.8 Å². The van der Waals surface area contributed by atoms with E-state index in [2.05, 4.69) is 13.0 Å². The summed E-state index contributed by atoms with van der Waals surface area (Å²) < 4.78 is 0. The van der Waals surface area contributed by atoms with E-state index in [9.17, 15) is 4.79 Å². The van der Waals surface area contributed by atoms with Crippen LogP contribution in [0.4, 0.5) is 0 Å². The molecule has 3 atom stereocenters. The minimum atomic E-state index is 0.321. The van der Waals surface area contributed by atoms with Gasteiger partial charge >= 0.3 is 0 Å². The summed E-state index contributed by atoms with van der Waals surface area (Å²) in [6.07, 6.45) is 5.20. The molecule has 0 N–H and O–H groups in total. The number of hydrogen-bond donors (Lipinski definition) is 0. The second kappa shape index (κ2) is 2.34. The summed E-state index contributed by atoms with van der Waals surface area (Å²) in [6, 6.07) is 0. The summed E-state index contributed by atoms with van der Waals surface area (Å²) in [5.74, 6) is 1.47. The van der Waals surface area contributed by atoms with Gasteiger partial charge in [0.05, 0.1) is 0 Å². The number of rotatable bonds is 2. The molecule has 0 aromatic carbocycles. The van der Waals surface area contributed by atoms with Gasteiger partial charge in [0, 0.05) is 5.92 Å². The largest absolute Gasteiger partial charge is 0.303 e. The Balaban J connectivity index is 2.41. The number of aldehydes is 1. The number of hydrogen-bond acceptors (Lipinski definition) is 1. The summed E-state index contributed by atoms with van der Waals surface area (Å²) in [4.78, 5) is 10.2. The first-order valence-corrected chi connectivity index (χ1v) is 3.39. The minimum absolute atomic E-state index is 0.321. The molecule has 0 bridgehead atoms. The van der Waals surface area contributed by atoms with Crippen LogP contribution >= 0.6 is 0 Å². The van der Waals surface area contributed by atoms with Gasteiger partial charge in [0.1, 0.15) is 6.29 Å². The Morgan fingerprint density at radius 2 is 2.00 bits per heavy atom. The van der Waals surface area contributed by atoms with Gasteiger partial charge in [-0.15, -0.1) is 0 Å². The summed E-state index contributed by atoms with van der Waals surface area (Å²) in [7, 11) is 0. The van der Waals surface area contributed by atoms with Crippen LogP contribution in [0.2, 0.25) is 0 Å². The smallest absolute Gasteiger partial charge is 0.123 e. The van der Waals surface area contributed by atoms with Crippen LogP contribution < -0.4 is 0 Å². The van der Waals surface area contributed by atoms with Gasteiger partial charge in [0.2, 0.25) is 0 Å². The molecule has 1 aliphatic carbocycles. The van der Waals surface area contributed by atoms with Crippen LogP contribution in [0.15, 0.2) is 12.2 Å². The van der Waals surface area contributed by atoms with E-state index >= 15 is 0 Å². The fourth-order valence-electron chi connectivity index (χ4n) is 1.27. The Morgan fingerprint density at radius 1 is 1.33 bits per heavy atom. The summed E-state index contributed by atoms with van der Waals surface area (Å²) in [6.45, 7) is 4.11. The average molecular weight is 124 g/mol. The molecule has 0 aromatic rings. The molecule has 1 saturated carbocycles. The maximum Gasteiger partial charge on any atom is 0.123 e. The van der Waals surface area contributed by atoms with Crippen molar-refractivity contribution < 1.29 is 4.79 Å². The lowest BCUT2D eigenvalue weighted by atomic mass is 10.3. The third-order valence-electron chi connectivity index (χ3n) is 2.09. The first-order chi connectivity index (χ1) is 4.31. The van der Waals surface area contributed by atoms with Gasteiger partial charge in [-0.1, -0.05) is 19.1 Å². The minimum Gasteiger partial charge on any atom is -0.303 e. The van der Waals surface area contributed by atoms with Crippen molar-refractivity contribution in [3.63, 3.8) is 0 Å². The van der Waals surface area contributed by atoms with Crippen LogP contribution in [0, 0.1) is 17.8 Å². The van der Waals surface area contributed by atoms with Crippen molar-refractivity contribution in [2.75, 3.05) is 0 Å². The van der Waals surface area contributed by atoms with Gasteiger partial charge in [-0.25, -0.2) is 0 Å². The molecule has 1 heteroatoms. The van der Waals surface area contributed by atoms with E-state index in [1.165, 1.54) is 0 Å². The monoisotopic (exact) mass is 124 g/mol. The van der Waals surface area contributed by atoms with Crippen molar-refractivity contribution in [2.24, 2.45) is 17.8 Å². The predicted molar refractivity (Wildman–Crippen MR) is 37.0 cm³/mol. The SMILES string of the molecule is C/C=C/[C@@H]1[C@@H](C)[C@@H]1C=O. The van der Waals surface area contributed by atoms with E-state index in [0.29, 0.717) is 17.8 Å². The molecular weight excluding hydrogens is 112 g/mol. The standard InChI is InChI=1S/C8H12O/c1-3-4-7-6(2)8(7)5-9/h3-8H,1-2H3/b4-3+/t6-,7-,8+/m1/s1. The topological polar surface area (TPSA) is 17.1 Å². The molecular formula is C8H12O. The molecule has 50 valence electrons. The first-order valence-electron chi connectivity index (χ1n) is 3.39. The Bertz CT molecular complexity index is 138. The van der Waals surface area contributed by atoms with Crippen LogP contribution in [-0.2, 0) is 4.79 Å². The predicted octanol–water partition coefficient (Wildman–Crippen LogP) is 1.64. The Morgan fingerprint density at radius 3 is 2.33 bits per heavy atom. The third-order valence-corrected chi connectivity index (χ3v) is 2.09. The second-order valence-corrected chi connectivity index (χ2v) is 2.68. The number of allylic oxidation sites excluding steroid dienone is 2. The first kappa shape index (κ1) is 6.53. The van der Waals surface area contributed by atoms with E-state index in [4.69, 9.17) is 0 Å². The molecule has 0 amide bonds. The van der Waals surface area contributed by atoms with Crippen LogP contribution in [0.5, 0.6) is 0 Å². The summed E-state index contributed by atoms with van der Waals surface area (Å²) >= 11 is 0. The number of carbonyl (C=O) groups is 1. The molecule has 9 heavy (non-hydrogen) atoms. The second-order valence-electron chi connectivity index (χ2n) is 2.68. The molecule has 0 saturated heterocycles. The van der Waals surface area contributed by atoms with Crippen molar-refractivity contribution >= 4 is 6.29 Å².